The Hall–Kier alpha value is -5.71. The molecule has 12 heteroatoms. The summed E-state index contributed by atoms with van der Waals surface area (Å²) in [5.41, 5.74) is 5.89. The summed E-state index contributed by atoms with van der Waals surface area (Å²) < 4.78 is 84.5. The van der Waals surface area contributed by atoms with Crippen molar-refractivity contribution < 1.29 is 51.6 Å². The zero-order valence-electron chi connectivity index (χ0n) is 42.5. The molecule has 75 heavy (non-hydrogen) atoms. The van der Waals surface area contributed by atoms with Crippen LogP contribution in [0.25, 0.3) is 0 Å². The lowest BCUT2D eigenvalue weighted by molar-refractivity contribution is -0.360. The number of hydrogen-bond acceptors (Lipinski definition) is 11. The molecule has 7 aromatic carbocycles. The molecule has 0 radical (unpaired) electrons. The van der Waals surface area contributed by atoms with Gasteiger partial charge in [0.25, 0.3) is 0 Å². The van der Waals surface area contributed by atoms with Crippen LogP contribution in [0.2, 0.25) is 0 Å². The highest BCUT2D eigenvalue weighted by Crippen LogP contribution is 2.37. The van der Waals surface area contributed by atoms with Crippen LogP contribution in [0.1, 0.15) is 45.9 Å². The van der Waals surface area contributed by atoms with E-state index in [0.29, 0.717) is 19.0 Å². The molecule has 2 heterocycles. The minimum absolute atomic E-state index is 0.0657. The Morgan fingerprint density at radius 2 is 0.640 bits per heavy atom. The van der Waals surface area contributed by atoms with Crippen molar-refractivity contribution in [1.82, 2.24) is 0 Å². The molecule has 0 N–H and O–H groups in total. The maximum Gasteiger partial charge on any atom is 0.187 e. The minimum Gasteiger partial charge on any atom is -0.374 e. The normalized spacial score (nSPS) is 24.1. The molecule has 0 spiro atoms. The first-order valence-electron chi connectivity index (χ1n) is 25.9. The first-order valence-corrected chi connectivity index (χ1v) is 27.3. The summed E-state index contributed by atoms with van der Waals surface area (Å²) in [6.45, 7) is 3.86. The molecule has 392 valence electrons. The molecule has 7 aromatic rings. The summed E-state index contributed by atoms with van der Waals surface area (Å²) >= 11 is 0. The van der Waals surface area contributed by atoms with E-state index in [4.69, 9.17) is 47.4 Å². The molecular weight excluding hydrogens is 965 g/mol. The van der Waals surface area contributed by atoms with Gasteiger partial charge in [-0.15, -0.1) is 0 Å². The Morgan fingerprint density at radius 3 is 1.00 bits per heavy atom. The van der Waals surface area contributed by atoms with Gasteiger partial charge in [-0.3, -0.25) is 4.21 Å². The first kappa shape index (κ1) is 54.1. The van der Waals surface area contributed by atoms with Crippen LogP contribution in [0.3, 0.4) is 0 Å². The summed E-state index contributed by atoms with van der Waals surface area (Å²) in [6, 6.07) is 69.9. The highest BCUT2D eigenvalue weighted by atomic mass is 32.2. The van der Waals surface area contributed by atoms with Gasteiger partial charge in [-0.25, -0.2) is 0 Å². The van der Waals surface area contributed by atoms with Crippen molar-refractivity contribution in [3.8, 4) is 0 Å². The van der Waals surface area contributed by atoms with E-state index < -0.39 is 71.4 Å². The van der Waals surface area contributed by atoms with Gasteiger partial charge in [0.15, 0.2) is 11.7 Å². The van der Waals surface area contributed by atoms with Crippen LogP contribution in [0.4, 0.5) is 0 Å². The molecule has 1 unspecified atom stereocenters. The average Bonchev–Trinajstić information content (AvgIpc) is 3.47. The summed E-state index contributed by atoms with van der Waals surface area (Å²) in [6.07, 6.45) is -7.73. The minimum atomic E-state index is -1.51. The molecule has 0 saturated carbocycles. The van der Waals surface area contributed by atoms with Gasteiger partial charge in [-0.2, -0.15) is 0 Å². The maximum atomic E-state index is 14.4. The molecular formula is C63H68O11S. The molecule has 0 amide bonds. The predicted molar refractivity (Wildman–Crippen MR) is 288 cm³/mol. The summed E-state index contributed by atoms with van der Waals surface area (Å²) in [7, 11) is -1.51. The Labute approximate surface area is 444 Å². The second-order valence-electron chi connectivity index (χ2n) is 18.7. The van der Waals surface area contributed by atoms with E-state index in [1.807, 2.05) is 219 Å². The summed E-state index contributed by atoms with van der Waals surface area (Å²) in [5, 5.41) is 0. The monoisotopic (exact) mass is 1030 g/mol. The van der Waals surface area contributed by atoms with Crippen LogP contribution in [0.15, 0.2) is 212 Å². The Morgan fingerprint density at radius 1 is 0.347 bits per heavy atom. The van der Waals surface area contributed by atoms with E-state index in [2.05, 4.69) is 0 Å². The van der Waals surface area contributed by atoms with E-state index in [0.717, 1.165) is 38.9 Å². The van der Waals surface area contributed by atoms with Gasteiger partial charge >= 0.3 is 0 Å². The lowest BCUT2D eigenvalue weighted by Crippen LogP contribution is -2.66. The number of benzene rings is 7. The lowest BCUT2D eigenvalue weighted by atomic mass is 9.96. The standard InChI is InChI=1S/C63H68O11S/c1-2-75(64)63-61(71-44-53-36-22-9-23-37-53)59(69-42-51-32-18-7-19-33-51)57(55(73-63)46-66-39-48-26-12-4-13-27-48)74-62-60(70-43-52-34-20-8-21-35-52)58(68-41-50-30-16-6-17-31-50)56(67-40-49-28-14-5-15-29-49)54(72-62)45-65-38-47-24-10-3-11-25-47/h3-37,54-63H,2,38-46H2,1H3/t54-,55-,56-,57-,58+,59+,60-,61-,62-,63+,75?/m1/s1. The van der Waals surface area contributed by atoms with E-state index >= 15 is 0 Å². The topological polar surface area (TPSA) is 109 Å². The van der Waals surface area contributed by atoms with Gasteiger partial charge in [0, 0.05) is 5.75 Å². The van der Waals surface area contributed by atoms with Gasteiger partial charge in [0.2, 0.25) is 0 Å². The third-order valence-corrected chi connectivity index (χ3v) is 14.7. The molecule has 0 aliphatic carbocycles. The first-order chi connectivity index (χ1) is 37.1. The molecule has 2 aliphatic heterocycles. The SMILES string of the molecule is CCS(=O)[C@@H]1O[C@H](COCc2ccccc2)[C@@H](O[C@H]2O[C@H](COCc3ccccc3)[C@@H](OCc3ccccc3)[C@H](OCc3ccccc3)[C@H]2OCc2ccccc2)[C@H](OCc2ccccc2)[C@H]1OCc1ccccc1. The summed E-state index contributed by atoms with van der Waals surface area (Å²) in [4.78, 5) is 0. The van der Waals surface area contributed by atoms with Crippen molar-refractivity contribution in [2.75, 3.05) is 19.0 Å². The van der Waals surface area contributed by atoms with E-state index in [9.17, 15) is 4.21 Å². The zero-order valence-corrected chi connectivity index (χ0v) is 43.3. The van der Waals surface area contributed by atoms with E-state index in [-0.39, 0.29) is 46.2 Å². The third kappa shape index (κ3) is 15.9. The van der Waals surface area contributed by atoms with Crippen molar-refractivity contribution in [2.45, 2.75) is 114 Å². The van der Waals surface area contributed by atoms with Crippen molar-refractivity contribution in [1.29, 1.82) is 0 Å². The molecule has 0 aromatic heterocycles. The van der Waals surface area contributed by atoms with Crippen LogP contribution < -0.4 is 0 Å². The Bertz CT molecular complexity index is 2680. The van der Waals surface area contributed by atoms with Crippen LogP contribution in [0.5, 0.6) is 0 Å². The van der Waals surface area contributed by atoms with Crippen molar-refractivity contribution in [3.63, 3.8) is 0 Å². The molecule has 2 aliphatic rings. The van der Waals surface area contributed by atoms with Crippen molar-refractivity contribution in [2.24, 2.45) is 0 Å². The fourth-order valence-electron chi connectivity index (χ4n) is 9.33. The number of ether oxygens (including phenoxy) is 10. The average molecular weight is 1030 g/mol. The smallest absolute Gasteiger partial charge is 0.187 e. The molecule has 2 fully saturated rings. The van der Waals surface area contributed by atoms with Crippen LogP contribution >= 0.6 is 0 Å². The quantitative estimate of drug-likeness (QED) is 0.0491. The van der Waals surface area contributed by atoms with Crippen LogP contribution in [-0.4, -0.2) is 83.7 Å². The fraction of sp³-hybridized carbons (Fsp3) is 0.333. The van der Waals surface area contributed by atoms with E-state index in [1.54, 1.807) is 0 Å². The van der Waals surface area contributed by atoms with Gasteiger partial charge in [0.05, 0.1) is 70.3 Å². The second kappa shape index (κ2) is 29.0. The Kier molecular flexibility index (Phi) is 20.9. The lowest BCUT2D eigenvalue weighted by Gasteiger charge is -2.50. The molecule has 11 atom stereocenters. The molecule has 9 rings (SSSR count). The highest BCUT2D eigenvalue weighted by Gasteiger charge is 2.55. The second-order valence-corrected chi connectivity index (χ2v) is 20.5. The van der Waals surface area contributed by atoms with Crippen molar-refractivity contribution in [3.05, 3.63) is 251 Å². The highest BCUT2D eigenvalue weighted by molar-refractivity contribution is 7.85. The maximum absolute atomic E-state index is 14.4. The van der Waals surface area contributed by atoms with Crippen molar-refractivity contribution >= 4 is 10.8 Å². The zero-order chi connectivity index (χ0) is 51.3. The molecule has 11 nitrogen and oxygen atoms in total. The largest absolute Gasteiger partial charge is 0.374 e. The molecule has 0 bridgehead atoms. The van der Waals surface area contributed by atoms with Crippen LogP contribution in [0, 0.1) is 0 Å². The Balaban J connectivity index is 1.13. The molecule has 2 saturated heterocycles. The van der Waals surface area contributed by atoms with Gasteiger partial charge in [0.1, 0.15) is 48.8 Å². The van der Waals surface area contributed by atoms with E-state index in [1.165, 1.54) is 0 Å². The fourth-order valence-corrected chi connectivity index (χ4v) is 10.5. The third-order valence-electron chi connectivity index (χ3n) is 13.2. The van der Waals surface area contributed by atoms with Gasteiger partial charge in [-0.05, 0) is 38.9 Å². The number of rotatable bonds is 27. The van der Waals surface area contributed by atoms with Crippen LogP contribution in [-0.2, 0) is 104 Å². The van der Waals surface area contributed by atoms with Gasteiger partial charge in [-0.1, -0.05) is 219 Å². The van der Waals surface area contributed by atoms with Gasteiger partial charge < -0.3 is 47.4 Å². The summed E-state index contributed by atoms with van der Waals surface area (Å²) in [5.74, 6) is 0.320. The predicted octanol–water partition coefficient (Wildman–Crippen LogP) is 11.0. The number of hydrogen-bond donors (Lipinski definition) is 0.